The molecule has 32 heavy (non-hydrogen) atoms. The van der Waals surface area contributed by atoms with Crippen molar-refractivity contribution in [2.75, 3.05) is 29.2 Å². The third kappa shape index (κ3) is 3.23. The lowest BCUT2D eigenvalue weighted by atomic mass is 9.77. The van der Waals surface area contributed by atoms with Crippen molar-refractivity contribution in [2.24, 2.45) is 11.8 Å². The van der Waals surface area contributed by atoms with Crippen LogP contribution in [0.2, 0.25) is 0 Å². The fraction of sp³-hybridized carbons (Fsp3) is 0.292. The average molecular weight is 433 g/mol. The number of carbonyl (C=O) groups excluding carboxylic acids is 3. The van der Waals surface area contributed by atoms with Gasteiger partial charge >= 0.3 is 0 Å². The lowest BCUT2D eigenvalue weighted by Gasteiger charge is -2.23. The number of hydrogen-bond donors (Lipinski definition) is 2. The van der Waals surface area contributed by atoms with Gasteiger partial charge in [-0.2, -0.15) is 0 Å². The van der Waals surface area contributed by atoms with E-state index >= 15 is 0 Å². The average Bonchev–Trinajstić information content (AvgIpc) is 3.43. The molecule has 4 unspecified atom stereocenters. The summed E-state index contributed by atoms with van der Waals surface area (Å²) in [5, 5.41) is 5.62. The Kier molecular flexibility index (Phi) is 4.74. The molecule has 164 valence electrons. The number of rotatable bonds is 5. The molecule has 2 aromatic rings. The van der Waals surface area contributed by atoms with Gasteiger partial charge in [0, 0.05) is 24.0 Å². The number of fused-ring (bicyclic) bond motifs is 1. The van der Waals surface area contributed by atoms with Crippen molar-refractivity contribution in [3.8, 4) is 5.75 Å². The van der Waals surface area contributed by atoms with E-state index in [1.165, 1.54) is 6.92 Å². The van der Waals surface area contributed by atoms with Crippen LogP contribution >= 0.6 is 0 Å². The third-order valence-electron chi connectivity index (χ3n) is 6.26. The van der Waals surface area contributed by atoms with E-state index in [1.54, 1.807) is 60.5 Å². The normalized spacial score (nSPS) is 27.4. The van der Waals surface area contributed by atoms with Crippen molar-refractivity contribution < 1.29 is 23.9 Å². The number of methoxy groups -OCH3 is 1. The zero-order chi connectivity index (χ0) is 22.5. The van der Waals surface area contributed by atoms with E-state index in [-0.39, 0.29) is 17.7 Å². The molecule has 0 radical (unpaired) electrons. The minimum Gasteiger partial charge on any atom is -0.497 e. The van der Waals surface area contributed by atoms with Crippen LogP contribution < -0.4 is 20.3 Å². The molecule has 3 aliphatic heterocycles. The first-order chi connectivity index (χ1) is 15.4. The van der Waals surface area contributed by atoms with Gasteiger partial charge in [-0.1, -0.05) is 12.2 Å². The second-order valence-electron chi connectivity index (χ2n) is 8.27. The van der Waals surface area contributed by atoms with Crippen molar-refractivity contribution in [1.82, 2.24) is 0 Å². The van der Waals surface area contributed by atoms with Crippen LogP contribution in [0.25, 0.3) is 0 Å². The Labute approximate surface area is 185 Å². The molecule has 3 aliphatic rings. The van der Waals surface area contributed by atoms with Crippen molar-refractivity contribution in [3.05, 3.63) is 60.7 Å². The highest BCUT2D eigenvalue weighted by Gasteiger charge is 2.67. The van der Waals surface area contributed by atoms with Crippen LogP contribution in [0.5, 0.6) is 5.75 Å². The Morgan fingerprint density at radius 2 is 1.72 bits per heavy atom. The molecule has 2 aromatic carbocycles. The van der Waals surface area contributed by atoms with Gasteiger partial charge in [0.05, 0.1) is 31.6 Å². The van der Waals surface area contributed by atoms with Gasteiger partial charge in [-0.05, 0) is 48.5 Å². The lowest BCUT2D eigenvalue weighted by molar-refractivity contribution is -0.128. The van der Waals surface area contributed by atoms with E-state index in [2.05, 4.69) is 10.6 Å². The van der Waals surface area contributed by atoms with E-state index in [1.807, 2.05) is 12.2 Å². The Morgan fingerprint density at radius 3 is 2.38 bits per heavy atom. The summed E-state index contributed by atoms with van der Waals surface area (Å²) in [6.07, 6.45) is 3.38. The highest BCUT2D eigenvalue weighted by atomic mass is 16.5. The van der Waals surface area contributed by atoms with Crippen molar-refractivity contribution in [1.29, 1.82) is 0 Å². The summed E-state index contributed by atoms with van der Waals surface area (Å²) in [6.45, 7) is 1.78. The number of benzene rings is 2. The third-order valence-corrected chi connectivity index (χ3v) is 6.26. The number of amides is 3. The number of nitrogens with zero attached hydrogens (tertiary/aromatic N) is 1. The maximum absolute atomic E-state index is 13.4. The Balaban J connectivity index is 1.36. The number of ether oxygens (including phenoxy) is 2. The molecule has 0 aromatic heterocycles. The first-order valence-corrected chi connectivity index (χ1v) is 10.4. The van der Waals surface area contributed by atoms with Gasteiger partial charge in [-0.25, -0.2) is 0 Å². The Morgan fingerprint density at radius 1 is 1.06 bits per heavy atom. The summed E-state index contributed by atoms with van der Waals surface area (Å²) >= 11 is 0. The van der Waals surface area contributed by atoms with Crippen molar-refractivity contribution >= 4 is 34.8 Å². The highest BCUT2D eigenvalue weighted by molar-refractivity contribution is 6.05. The number of nitrogens with one attached hydrogen (secondary N) is 2. The van der Waals surface area contributed by atoms with Crippen LogP contribution in [0.15, 0.2) is 60.7 Å². The van der Waals surface area contributed by atoms with Gasteiger partial charge in [-0.15, -0.1) is 0 Å². The maximum atomic E-state index is 13.4. The molecule has 3 amide bonds. The summed E-state index contributed by atoms with van der Waals surface area (Å²) in [4.78, 5) is 39.5. The van der Waals surface area contributed by atoms with Crippen LogP contribution in [0.4, 0.5) is 17.1 Å². The molecule has 0 aliphatic carbocycles. The molecule has 5 rings (SSSR count). The van der Waals surface area contributed by atoms with Crippen LogP contribution in [0.1, 0.15) is 6.92 Å². The highest BCUT2D eigenvalue weighted by Crippen LogP contribution is 2.52. The van der Waals surface area contributed by atoms with Crippen LogP contribution in [-0.4, -0.2) is 43.1 Å². The smallest absolute Gasteiger partial charge is 0.234 e. The van der Waals surface area contributed by atoms with E-state index < -0.39 is 23.5 Å². The molecule has 2 N–H and O–H groups in total. The number of carbonyl (C=O) groups is 3. The van der Waals surface area contributed by atoms with E-state index in [9.17, 15) is 14.4 Å². The monoisotopic (exact) mass is 433 g/mol. The van der Waals surface area contributed by atoms with E-state index in [0.29, 0.717) is 29.4 Å². The summed E-state index contributed by atoms with van der Waals surface area (Å²) < 4.78 is 11.3. The summed E-state index contributed by atoms with van der Waals surface area (Å²) in [5.41, 5.74) is 1.18. The minimum atomic E-state index is -0.806. The second kappa shape index (κ2) is 7.49. The fourth-order valence-electron chi connectivity index (χ4n) is 4.84. The van der Waals surface area contributed by atoms with Gasteiger partial charge in [0.1, 0.15) is 11.4 Å². The maximum Gasteiger partial charge on any atom is 0.234 e. The molecular formula is C24H23N3O5. The second-order valence-corrected chi connectivity index (χ2v) is 8.27. The summed E-state index contributed by atoms with van der Waals surface area (Å²) in [6, 6.07) is 14.1. The van der Waals surface area contributed by atoms with Crippen LogP contribution in [-0.2, 0) is 19.1 Å². The largest absolute Gasteiger partial charge is 0.497 e. The van der Waals surface area contributed by atoms with Crippen molar-refractivity contribution in [3.63, 3.8) is 0 Å². The molecule has 3 heterocycles. The SMILES string of the molecule is COc1ccc(NC(=O)C2C3C=CC4(CN(c5ccc(NC(C)=O)cc5)C(=O)C24)O3)cc1. The molecule has 8 nitrogen and oxygen atoms in total. The van der Waals surface area contributed by atoms with Gasteiger partial charge in [0.2, 0.25) is 17.7 Å². The Bertz CT molecular complexity index is 1110. The molecule has 4 atom stereocenters. The first kappa shape index (κ1) is 20.3. The molecule has 2 bridgehead atoms. The molecule has 2 saturated heterocycles. The quantitative estimate of drug-likeness (QED) is 0.707. The molecule has 1 spiro atoms. The van der Waals surface area contributed by atoms with Gasteiger partial charge < -0.3 is 25.0 Å². The van der Waals surface area contributed by atoms with Crippen LogP contribution in [0, 0.1) is 11.8 Å². The van der Waals surface area contributed by atoms with Crippen LogP contribution in [0.3, 0.4) is 0 Å². The molecule has 8 heteroatoms. The Hall–Kier alpha value is -3.65. The summed E-state index contributed by atoms with van der Waals surface area (Å²) in [7, 11) is 1.58. The lowest BCUT2D eigenvalue weighted by Crippen LogP contribution is -2.41. The summed E-state index contributed by atoms with van der Waals surface area (Å²) in [5.74, 6) is -1.06. The molecule has 0 saturated carbocycles. The number of anilines is 3. The van der Waals surface area contributed by atoms with Gasteiger partial charge in [0.25, 0.3) is 0 Å². The molecule has 2 fully saturated rings. The fourth-order valence-corrected chi connectivity index (χ4v) is 4.84. The topological polar surface area (TPSA) is 97.0 Å². The van der Waals surface area contributed by atoms with Gasteiger partial charge in [-0.3, -0.25) is 14.4 Å². The predicted molar refractivity (Wildman–Crippen MR) is 118 cm³/mol. The standard InChI is InChI=1S/C24H23N3O5/c1-14(28)25-15-3-7-17(8-4-15)27-13-24-12-11-19(32-24)20(21(24)23(27)30)22(29)26-16-5-9-18(31-2)10-6-16/h3-12,19-21H,13H2,1-2H3,(H,25,28)(H,26,29). The molecular weight excluding hydrogens is 410 g/mol. The minimum absolute atomic E-state index is 0.140. The zero-order valence-electron chi connectivity index (χ0n) is 17.7. The first-order valence-electron chi connectivity index (χ1n) is 10.4. The predicted octanol–water partition coefficient (Wildman–Crippen LogP) is 2.58. The van der Waals surface area contributed by atoms with Gasteiger partial charge in [0.15, 0.2) is 0 Å². The number of hydrogen-bond acceptors (Lipinski definition) is 5. The zero-order valence-corrected chi connectivity index (χ0v) is 17.7. The van der Waals surface area contributed by atoms with E-state index in [0.717, 1.165) is 0 Å². The van der Waals surface area contributed by atoms with E-state index in [4.69, 9.17) is 9.47 Å². The van der Waals surface area contributed by atoms with Crippen molar-refractivity contribution in [2.45, 2.75) is 18.6 Å².